The smallest absolute Gasteiger partial charge is 0.273 e. The summed E-state index contributed by atoms with van der Waals surface area (Å²) in [6.45, 7) is 1.57. The van der Waals surface area contributed by atoms with Crippen molar-refractivity contribution in [2.24, 2.45) is 0 Å². The zero-order valence-electron chi connectivity index (χ0n) is 20.6. The third kappa shape index (κ3) is 5.86. The van der Waals surface area contributed by atoms with Crippen LogP contribution in [0.25, 0.3) is 0 Å². The molecule has 2 fully saturated rings. The van der Waals surface area contributed by atoms with Crippen LogP contribution in [0.15, 0.2) is 24.3 Å². The van der Waals surface area contributed by atoms with Gasteiger partial charge in [-0.1, -0.05) is 50.7 Å². The molecule has 8 nitrogen and oxygen atoms in total. The number of anilines is 2. The van der Waals surface area contributed by atoms with Crippen LogP contribution in [0.2, 0.25) is 0 Å². The highest BCUT2D eigenvalue weighted by Gasteiger charge is 2.34. The van der Waals surface area contributed by atoms with Crippen LogP contribution >= 0.6 is 11.5 Å². The highest BCUT2D eigenvalue weighted by atomic mass is 32.1. The minimum absolute atomic E-state index is 0.00404. The number of rotatable bonds is 7. The van der Waals surface area contributed by atoms with Gasteiger partial charge in [0, 0.05) is 12.1 Å². The van der Waals surface area contributed by atoms with Crippen LogP contribution in [0.4, 0.5) is 15.8 Å². The number of hydrogen-bond acceptors (Lipinski definition) is 6. The molecule has 2 aromatic rings. The molecule has 2 aliphatic rings. The van der Waals surface area contributed by atoms with Crippen LogP contribution in [-0.4, -0.2) is 40.2 Å². The number of hydrogen-bond donors (Lipinski definition) is 3. The van der Waals surface area contributed by atoms with Crippen molar-refractivity contribution in [3.8, 4) is 0 Å². The first-order valence-corrected chi connectivity index (χ1v) is 13.6. The molecule has 10 heteroatoms. The van der Waals surface area contributed by atoms with E-state index in [9.17, 15) is 18.8 Å². The van der Waals surface area contributed by atoms with Crippen LogP contribution < -0.4 is 21.3 Å². The second kappa shape index (κ2) is 11.8. The van der Waals surface area contributed by atoms with E-state index >= 15 is 0 Å². The van der Waals surface area contributed by atoms with Gasteiger partial charge in [0.1, 0.15) is 16.7 Å². The Bertz CT molecular complexity index is 1090. The molecule has 1 heterocycles. The second-order valence-electron chi connectivity index (χ2n) is 9.73. The number of carbonyl (C=O) groups excluding carboxylic acids is 3. The third-order valence-corrected chi connectivity index (χ3v) is 7.98. The van der Waals surface area contributed by atoms with E-state index < -0.39 is 23.7 Å². The lowest BCUT2D eigenvalue weighted by Gasteiger charge is -2.31. The zero-order valence-corrected chi connectivity index (χ0v) is 21.4. The van der Waals surface area contributed by atoms with Crippen LogP contribution in [0.3, 0.4) is 0 Å². The molecule has 0 bridgehead atoms. The Morgan fingerprint density at radius 3 is 2.19 bits per heavy atom. The molecule has 1 aromatic heterocycles. The molecule has 2 aliphatic carbocycles. The average Bonchev–Trinajstić information content (AvgIpc) is 3.27. The molecule has 36 heavy (non-hydrogen) atoms. The molecule has 0 radical (unpaired) electrons. The van der Waals surface area contributed by atoms with Crippen molar-refractivity contribution in [3.05, 3.63) is 40.7 Å². The minimum Gasteiger partial charge on any atom is -0.395 e. The number of aromatic nitrogens is 1. The first-order valence-electron chi connectivity index (χ1n) is 12.8. The maximum absolute atomic E-state index is 14.9. The number of benzene rings is 1. The van der Waals surface area contributed by atoms with Gasteiger partial charge in [0.2, 0.25) is 5.91 Å². The normalized spacial score (nSPS) is 17.8. The van der Waals surface area contributed by atoms with Crippen LogP contribution in [-0.2, 0) is 4.79 Å². The van der Waals surface area contributed by atoms with E-state index in [0.29, 0.717) is 0 Å². The van der Waals surface area contributed by atoms with Gasteiger partial charge in [-0.25, -0.2) is 4.39 Å². The quantitative estimate of drug-likeness (QED) is 0.505. The van der Waals surface area contributed by atoms with Crippen molar-refractivity contribution in [2.45, 2.75) is 89.3 Å². The standard InChI is InChI=1S/C26H34FN5O3S/c1-16(24(33)29-17-10-4-2-5-11-17)32(20-15-9-8-14-19(20)27)26(35)23-21(28)22(31-36-23)25(34)30-18-12-6-3-7-13-18/h8-9,14-18H,2-7,10-13,28H2,1H3,(H,29,33)(H,30,34). The number of carbonyl (C=O) groups is 3. The average molecular weight is 516 g/mol. The monoisotopic (exact) mass is 515 g/mol. The lowest BCUT2D eigenvalue weighted by molar-refractivity contribution is -0.122. The second-order valence-corrected chi connectivity index (χ2v) is 10.5. The molecular weight excluding hydrogens is 481 g/mol. The van der Waals surface area contributed by atoms with E-state index in [4.69, 9.17) is 5.73 Å². The minimum atomic E-state index is -1.00. The molecule has 0 spiro atoms. The summed E-state index contributed by atoms with van der Waals surface area (Å²) in [5.41, 5.74) is 6.13. The number of amides is 3. The molecule has 4 N–H and O–H groups in total. The first kappa shape index (κ1) is 26.1. The SMILES string of the molecule is CC(C(=O)NC1CCCCC1)N(C(=O)c1snc(C(=O)NC2CCCCC2)c1N)c1ccccc1F. The number of nitrogens with zero attached hydrogens (tertiary/aromatic N) is 2. The van der Waals surface area contributed by atoms with Crippen molar-refractivity contribution in [1.82, 2.24) is 15.0 Å². The van der Waals surface area contributed by atoms with E-state index in [1.54, 1.807) is 13.0 Å². The largest absolute Gasteiger partial charge is 0.395 e. The summed E-state index contributed by atoms with van der Waals surface area (Å²) in [6.07, 6.45) is 10.1. The summed E-state index contributed by atoms with van der Waals surface area (Å²) in [4.78, 5) is 40.8. The van der Waals surface area contributed by atoms with Crippen molar-refractivity contribution in [2.75, 3.05) is 10.6 Å². The first-order chi connectivity index (χ1) is 17.4. The summed E-state index contributed by atoms with van der Waals surface area (Å²) in [7, 11) is 0. The maximum Gasteiger partial charge on any atom is 0.273 e. The molecule has 194 valence electrons. The van der Waals surface area contributed by atoms with Gasteiger partial charge in [-0.3, -0.25) is 19.3 Å². The molecule has 3 amide bonds. The van der Waals surface area contributed by atoms with Gasteiger partial charge in [-0.15, -0.1) is 0 Å². The summed E-state index contributed by atoms with van der Waals surface area (Å²) in [5.74, 6) is -2.09. The van der Waals surface area contributed by atoms with Gasteiger partial charge in [0.15, 0.2) is 5.69 Å². The van der Waals surface area contributed by atoms with Gasteiger partial charge in [0.25, 0.3) is 11.8 Å². The molecule has 4 rings (SSSR count). The van der Waals surface area contributed by atoms with Crippen LogP contribution in [0, 0.1) is 5.82 Å². The number of para-hydroxylation sites is 1. The van der Waals surface area contributed by atoms with Gasteiger partial charge in [-0.2, -0.15) is 4.37 Å². The molecule has 1 unspecified atom stereocenters. The van der Waals surface area contributed by atoms with Crippen molar-refractivity contribution >= 4 is 40.6 Å². The molecular formula is C26H34FN5O3S. The summed E-state index contributed by atoms with van der Waals surface area (Å²) in [5, 5.41) is 5.98. The lowest BCUT2D eigenvalue weighted by Crippen LogP contribution is -2.51. The number of nitrogen functional groups attached to an aromatic ring is 1. The highest BCUT2D eigenvalue weighted by molar-refractivity contribution is 7.09. The van der Waals surface area contributed by atoms with Gasteiger partial charge < -0.3 is 16.4 Å². The van der Waals surface area contributed by atoms with Gasteiger partial charge in [0.05, 0.1) is 11.4 Å². The summed E-state index contributed by atoms with van der Waals surface area (Å²) in [6, 6.07) is 4.90. The van der Waals surface area contributed by atoms with Crippen molar-refractivity contribution in [3.63, 3.8) is 0 Å². The Kier molecular flexibility index (Phi) is 8.56. The highest BCUT2D eigenvalue weighted by Crippen LogP contribution is 2.30. The Morgan fingerprint density at radius 2 is 1.58 bits per heavy atom. The van der Waals surface area contributed by atoms with E-state index in [2.05, 4.69) is 15.0 Å². The number of nitrogens with one attached hydrogen (secondary N) is 2. The summed E-state index contributed by atoms with van der Waals surface area (Å²) < 4.78 is 19.0. The van der Waals surface area contributed by atoms with Gasteiger partial charge >= 0.3 is 0 Å². The van der Waals surface area contributed by atoms with E-state index in [-0.39, 0.29) is 39.9 Å². The zero-order chi connectivity index (χ0) is 25.7. The maximum atomic E-state index is 14.9. The molecule has 1 aromatic carbocycles. The van der Waals surface area contributed by atoms with Crippen molar-refractivity contribution < 1.29 is 18.8 Å². The fourth-order valence-corrected chi connectivity index (χ4v) is 5.79. The molecule has 0 saturated heterocycles. The van der Waals surface area contributed by atoms with E-state index in [1.165, 1.54) is 18.2 Å². The molecule has 0 aliphatic heterocycles. The van der Waals surface area contributed by atoms with E-state index in [0.717, 1.165) is 80.6 Å². The predicted molar refractivity (Wildman–Crippen MR) is 139 cm³/mol. The number of nitrogens with two attached hydrogens (primary N) is 1. The lowest BCUT2D eigenvalue weighted by atomic mass is 9.95. The van der Waals surface area contributed by atoms with Crippen molar-refractivity contribution in [1.29, 1.82) is 0 Å². The van der Waals surface area contributed by atoms with Crippen LogP contribution in [0.5, 0.6) is 0 Å². The number of halogens is 1. The fourth-order valence-electron chi connectivity index (χ4n) is 5.05. The van der Waals surface area contributed by atoms with Gasteiger partial charge in [-0.05, 0) is 56.3 Å². The predicted octanol–water partition coefficient (Wildman–Crippen LogP) is 4.41. The van der Waals surface area contributed by atoms with E-state index in [1.807, 2.05) is 0 Å². The molecule has 1 atom stereocenters. The fraction of sp³-hybridized carbons (Fsp3) is 0.538. The Balaban J connectivity index is 1.58. The summed E-state index contributed by atoms with van der Waals surface area (Å²) >= 11 is 0.787. The van der Waals surface area contributed by atoms with Crippen LogP contribution in [0.1, 0.15) is 91.3 Å². The Labute approximate surface area is 215 Å². The third-order valence-electron chi connectivity index (χ3n) is 7.13. The molecule has 2 saturated carbocycles. The topological polar surface area (TPSA) is 117 Å². The Hall–Kier alpha value is -3.01. The Morgan fingerprint density at radius 1 is 1.00 bits per heavy atom.